The van der Waals surface area contributed by atoms with Crippen LogP contribution in [0.4, 0.5) is 18.9 Å². The summed E-state index contributed by atoms with van der Waals surface area (Å²) in [6, 6.07) is 5.28. The Morgan fingerprint density at radius 1 is 1.32 bits per heavy atom. The van der Waals surface area contributed by atoms with Crippen LogP contribution >= 0.6 is 0 Å². The molecule has 1 fully saturated rings. The fraction of sp³-hybridized carbons (Fsp3) is 0.462. The van der Waals surface area contributed by atoms with Crippen LogP contribution in [0.15, 0.2) is 24.3 Å². The molecule has 3 nitrogen and oxygen atoms in total. The van der Waals surface area contributed by atoms with Crippen LogP contribution in [0.3, 0.4) is 0 Å². The van der Waals surface area contributed by atoms with Gasteiger partial charge in [0.1, 0.15) is 0 Å². The molecule has 1 saturated heterocycles. The normalized spacial score (nSPS) is 23.7. The maximum absolute atomic E-state index is 12.9. The molecule has 0 amide bonds. The van der Waals surface area contributed by atoms with Crippen LogP contribution in [0.1, 0.15) is 12.5 Å². The number of carboxylic acid groups (broad SMARTS) is 1. The minimum absolute atomic E-state index is 0.0607. The number of rotatable bonds is 2. The number of benzene rings is 1. The Balaban J connectivity index is 2.32. The standard InChI is InChI=1S/C13H14F3NO2/c1-8-6-17(7-9(8)12(18)19)11-5-3-2-4-10(11)13(14,15)16/h2-5,8-9H,6-7H2,1H3,(H,18,19). The van der Waals surface area contributed by atoms with Gasteiger partial charge in [-0.2, -0.15) is 13.2 Å². The van der Waals surface area contributed by atoms with Crippen molar-refractivity contribution in [3.63, 3.8) is 0 Å². The van der Waals surface area contributed by atoms with E-state index in [1.165, 1.54) is 23.1 Å². The summed E-state index contributed by atoms with van der Waals surface area (Å²) in [4.78, 5) is 12.5. The summed E-state index contributed by atoms with van der Waals surface area (Å²) < 4.78 is 38.7. The molecule has 2 unspecified atom stereocenters. The van der Waals surface area contributed by atoms with Crippen molar-refractivity contribution in [2.45, 2.75) is 13.1 Å². The molecule has 1 aromatic carbocycles. The van der Waals surface area contributed by atoms with Crippen molar-refractivity contribution in [3.05, 3.63) is 29.8 Å². The summed E-state index contributed by atoms with van der Waals surface area (Å²) in [5, 5.41) is 9.03. The summed E-state index contributed by atoms with van der Waals surface area (Å²) in [7, 11) is 0. The molecule has 0 aromatic heterocycles. The highest BCUT2D eigenvalue weighted by Crippen LogP contribution is 2.39. The average molecular weight is 273 g/mol. The number of halogens is 3. The number of alkyl halides is 3. The topological polar surface area (TPSA) is 40.5 Å². The molecule has 1 aliphatic rings. The number of aliphatic carboxylic acids is 1. The molecule has 19 heavy (non-hydrogen) atoms. The summed E-state index contributed by atoms with van der Waals surface area (Å²) in [5.41, 5.74) is -0.654. The van der Waals surface area contributed by atoms with Gasteiger partial charge >= 0.3 is 12.1 Å². The van der Waals surface area contributed by atoms with E-state index in [9.17, 15) is 18.0 Å². The lowest BCUT2D eigenvalue weighted by Crippen LogP contribution is -2.25. The van der Waals surface area contributed by atoms with Crippen molar-refractivity contribution in [1.82, 2.24) is 0 Å². The van der Waals surface area contributed by atoms with Gasteiger partial charge in [-0.3, -0.25) is 4.79 Å². The Morgan fingerprint density at radius 3 is 2.47 bits per heavy atom. The van der Waals surface area contributed by atoms with Crippen LogP contribution in [0, 0.1) is 11.8 Å². The van der Waals surface area contributed by atoms with Gasteiger partial charge in [-0.05, 0) is 18.1 Å². The van der Waals surface area contributed by atoms with E-state index in [4.69, 9.17) is 5.11 Å². The number of anilines is 1. The van der Waals surface area contributed by atoms with E-state index >= 15 is 0 Å². The van der Waals surface area contributed by atoms with E-state index in [-0.39, 0.29) is 18.2 Å². The number of carbonyl (C=O) groups is 1. The third-order valence-electron chi connectivity index (χ3n) is 3.48. The smallest absolute Gasteiger partial charge is 0.418 e. The molecule has 0 bridgehead atoms. The molecule has 0 radical (unpaired) electrons. The lowest BCUT2D eigenvalue weighted by molar-refractivity contribution is -0.142. The molecule has 2 atom stereocenters. The molecule has 1 aromatic rings. The fourth-order valence-corrected chi connectivity index (χ4v) is 2.47. The van der Waals surface area contributed by atoms with Crippen molar-refractivity contribution >= 4 is 11.7 Å². The van der Waals surface area contributed by atoms with Gasteiger partial charge in [0.15, 0.2) is 0 Å². The van der Waals surface area contributed by atoms with E-state index in [1.807, 2.05) is 0 Å². The quantitative estimate of drug-likeness (QED) is 0.900. The van der Waals surface area contributed by atoms with E-state index in [0.717, 1.165) is 6.07 Å². The summed E-state index contributed by atoms with van der Waals surface area (Å²) in [5.74, 6) is -1.75. The van der Waals surface area contributed by atoms with Crippen LogP contribution in [0.25, 0.3) is 0 Å². The molecular formula is C13H14F3NO2. The SMILES string of the molecule is CC1CN(c2ccccc2C(F)(F)F)CC1C(=O)O. The molecule has 1 heterocycles. The average Bonchev–Trinajstić information content (AvgIpc) is 2.70. The molecule has 104 valence electrons. The van der Waals surface area contributed by atoms with Gasteiger partial charge in [-0.15, -0.1) is 0 Å². The Hall–Kier alpha value is -1.72. The zero-order valence-electron chi connectivity index (χ0n) is 10.3. The number of hydrogen-bond donors (Lipinski definition) is 1. The maximum Gasteiger partial charge on any atom is 0.418 e. The second-order valence-electron chi connectivity index (χ2n) is 4.84. The molecule has 6 heteroatoms. The minimum Gasteiger partial charge on any atom is -0.481 e. The molecule has 1 N–H and O–H groups in total. The lowest BCUT2D eigenvalue weighted by atomic mass is 9.99. The highest BCUT2D eigenvalue weighted by Gasteiger charge is 2.39. The van der Waals surface area contributed by atoms with Crippen LogP contribution in [-0.4, -0.2) is 24.2 Å². The second kappa shape index (κ2) is 4.75. The molecule has 0 saturated carbocycles. The highest BCUT2D eigenvalue weighted by atomic mass is 19.4. The summed E-state index contributed by atoms with van der Waals surface area (Å²) in [6.07, 6.45) is -4.43. The Kier molecular flexibility index (Phi) is 3.43. The maximum atomic E-state index is 12.9. The first kappa shape index (κ1) is 13.7. The first-order valence-corrected chi connectivity index (χ1v) is 5.94. The Labute approximate surface area is 108 Å². The van der Waals surface area contributed by atoms with Gasteiger partial charge in [-0.1, -0.05) is 19.1 Å². The predicted molar refractivity (Wildman–Crippen MR) is 63.9 cm³/mol. The second-order valence-corrected chi connectivity index (χ2v) is 4.84. The lowest BCUT2D eigenvalue weighted by Gasteiger charge is -2.22. The van der Waals surface area contributed by atoms with Gasteiger partial charge in [0.05, 0.1) is 11.5 Å². The highest BCUT2D eigenvalue weighted by molar-refractivity contribution is 5.73. The van der Waals surface area contributed by atoms with E-state index in [2.05, 4.69) is 0 Å². The zero-order chi connectivity index (χ0) is 14.2. The zero-order valence-corrected chi connectivity index (χ0v) is 10.3. The largest absolute Gasteiger partial charge is 0.481 e. The van der Waals surface area contributed by atoms with Crippen LogP contribution in [0.5, 0.6) is 0 Å². The van der Waals surface area contributed by atoms with Crippen LogP contribution in [-0.2, 0) is 11.0 Å². The predicted octanol–water partition coefficient (Wildman–Crippen LogP) is 2.86. The third-order valence-corrected chi connectivity index (χ3v) is 3.48. The van der Waals surface area contributed by atoms with E-state index in [1.54, 1.807) is 6.92 Å². The summed E-state index contributed by atoms with van der Waals surface area (Å²) >= 11 is 0. The fourth-order valence-electron chi connectivity index (χ4n) is 2.47. The number of hydrogen-bond acceptors (Lipinski definition) is 2. The van der Waals surface area contributed by atoms with Gasteiger partial charge < -0.3 is 10.0 Å². The Morgan fingerprint density at radius 2 is 1.95 bits per heavy atom. The van der Waals surface area contributed by atoms with Crippen molar-refractivity contribution in [2.75, 3.05) is 18.0 Å². The number of carboxylic acids is 1. The Bertz CT molecular complexity index is 487. The number of nitrogens with zero attached hydrogens (tertiary/aromatic N) is 1. The van der Waals surface area contributed by atoms with E-state index in [0.29, 0.717) is 6.54 Å². The first-order chi connectivity index (χ1) is 8.80. The monoisotopic (exact) mass is 273 g/mol. The van der Waals surface area contributed by atoms with Crippen molar-refractivity contribution < 1.29 is 23.1 Å². The van der Waals surface area contributed by atoms with Gasteiger partial charge in [0.25, 0.3) is 0 Å². The molecule has 0 aliphatic carbocycles. The van der Waals surface area contributed by atoms with E-state index < -0.39 is 23.6 Å². The van der Waals surface area contributed by atoms with Gasteiger partial charge in [0, 0.05) is 18.8 Å². The molecule has 0 spiro atoms. The van der Waals surface area contributed by atoms with Crippen molar-refractivity contribution in [2.24, 2.45) is 11.8 Å². The molecular weight excluding hydrogens is 259 g/mol. The number of para-hydroxylation sites is 1. The first-order valence-electron chi connectivity index (χ1n) is 5.94. The minimum atomic E-state index is -4.43. The third kappa shape index (κ3) is 2.67. The van der Waals surface area contributed by atoms with Crippen LogP contribution < -0.4 is 4.90 Å². The van der Waals surface area contributed by atoms with Crippen LogP contribution in [0.2, 0.25) is 0 Å². The van der Waals surface area contributed by atoms with Crippen molar-refractivity contribution in [3.8, 4) is 0 Å². The van der Waals surface area contributed by atoms with Gasteiger partial charge in [-0.25, -0.2) is 0 Å². The molecule has 1 aliphatic heterocycles. The van der Waals surface area contributed by atoms with Gasteiger partial charge in [0.2, 0.25) is 0 Å². The molecule has 2 rings (SSSR count). The summed E-state index contributed by atoms with van der Waals surface area (Å²) in [6.45, 7) is 2.18. The van der Waals surface area contributed by atoms with Crippen molar-refractivity contribution in [1.29, 1.82) is 0 Å².